The summed E-state index contributed by atoms with van der Waals surface area (Å²) in [4.78, 5) is 16.6. The molecule has 0 bridgehead atoms. The normalized spacial score (nSPS) is 11.2. The first-order chi connectivity index (χ1) is 11.7. The number of hydrogen-bond acceptors (Lipinski definition) is 4. The molecule has 0 fully saturated rings. The molecule has 3 heterocycles. The maximum atomic E-state index is 12.3. The van der Waals surface area contributed by atoms with Crippen LogP contribution in [0.4, 0.5) is 0 Å². The Kier molecular flexibility index (Phi) is 3.46. The molecule has 0 radical (unpaired) electrons. The average Bonchev–Trinajstić information content (AvgIpc) is 2.62. The second-order valence-electron chi connectivity index (χ2n) is 5.60. The molecule has 0 saturated heterocycles. The van der Waals surface area contributed by atoms with Gasteiger partial charge in [-0.1, -0.05) is 24.3 Å². The molecule has 5 nitrogen and oxygen atoms in total. The first kappa shape index (κ1) is 14.4. The van der Waals surface area contributed by atoms with Crippen LogP contribution in [-0.4, -0.2) is 9.55 Å². The summed E-state index contributed by atoms with van der Waals surface area (Å²) in [6.07, 6.45) is 4.30. The molecule has 5 heteroatoms. The van der Waals surface area contributed by atoms with E-state index in [0.29, 0.717) is 23.9 Å². The topological polar surface area (TPSA) is 71.9 Å². The smallest absolute Gasteiger partial charge is 0.347 e. The minimum absolute atomic E-state index is 0.169. The van der Waals surface area contributed by atoms with Crippen molar-refractivity contribution in [3.05, 3.63) is 82.5 Å². The molecule has 0 aliphatic rings. The number of hydrogen-bond donors (Lipinski definition) is 1. The summed E-state index contributed by atoms with van der Waals surface area (Å²) >= 11 is 0. The summed E-state index contributed by atoms with van der Waals surface area (Å²) in [6, 6.07) is 15.0. The van der Waals surface area contributed by atoms with E-state index in [1.807, 2.05) is 48.7 Å². The molecule has 3 aromatic heterocycles. The van der Waals surface area contributed by atoms with Crippen LogP contribution in [0.25, 0.3) is 21.7 Å². The molecule has 118 valence electrons. The highest BCUT2D eigenvalue weighted by molar-refractivity contribution is 6.03. The van der Waals surface area contributed by atoms with Crippen molar-refractivity contribution in [1.29, 1.82) is 5.41 Å². The molecule has 0 aliphatic carbocycles. The van der Waals surface area contributed by atoms with E-state index in [1.165, 1.54) is 0 Å². The number of fused-ring (bicyclic) bond motifs is 3. The largest absolute Gasteiger partial charge is 0.422 e. The van der Waals surface area contributed by atoms with Crippen molar-refractivity contribution in [1.82, 2.24) is 9.55 Å². The highest BCUT2D eigenvalue weighted by Gasteiger charge is 2.10. The Morgan fingerprint density at radius 2 is 1.88 bits per heavy atom. The number of aryl methyl sites for hydroxylation is 2. The Morgan fingerprint density at radius 3 is 2.71 bits per heavy atom. The molecule has 4 rings (SSSR count). The molecule has 0 unspecified atom stereocenters. The highest BCUT2D eigenvalue weighted by Crippen LogP contribution is 2.20. The van der Waals surface area contributed by atoms with Gasteiger partial charge in [0.15, 0.2) is 0 Å². The van der Waals surface area contributed by atoms with Crippen LogP contribution in [0.5, 0.6) is 0 Å². The number of para-hydroxylation sites is 1. The number of nitrogens with zero attached hydrogens (tertiary/aromatic N) is 2. The van der Waals surface area contributed by atoms with Crippen molar-refractivity contribution in [2.45, 2.75) is 13.0 Å². The minimum Gasteiger partial charge on any atom is -0.422 e. The van der Waals surface area contributed by atoms with Crippen LogP contribution in [-0.2, 0) is 13.0 Å². The third-order valence-corrected chi connectivity index (χ3v) is 4.13. The van der Waals surface area contributed by atoms with E-state index in [0.717, 1.165) is 16.5 Å². The lowest BCUT2D eigenvalue weighted by Gasteiger charge is -2.09. The first-order valence-corrected chi connectivity index (χ1v) is 7.73. The van der Waals surface area contributed by atoms with Gasteiger partial charge in [0.25, 0.3) is 0 Å². The maximum absolute atomic E-state index is 12.3. The molecule has 0 aliphatic heterocycles. The Bertz CT molecular complexity index is 1140. The number of pyridine rings is 2. The predicted molar refractivity (Wildman–Crippen MR) is 91.8 cm³/mol. The monoisotopic (exact) mass is 317 g/mol. The van der Waals surface area contributed by atoms with Gasteiger partial charge in [0.05, 0.1) is 0 Å². The van der Waals surface area contributed by atoms with Crippen LogP contribution in [0.1, 0.15) is 5.69 Å². The molecule has 4 aromatic rings. The minimum atomic E-state index is -0.471. The van der Waals surface area contributed by atoms with Crippen molar-refractivity contribution in [2.75, 3.05) is 0 Å². The Labute approximate surface area is 137 Å². The van der Waals surface area contributed by atoms with Crippen LogP contribution < -0.4 is 11.1 Å². The summed E-state index contributed by atoms with van der Waals surface area (Å²) in [6.45, 7) is 0.581. The van der Waals surface area contributed by atoms with Crippen LogP contribution in [0, 0.1) is 5.41 Å². The zero-order valence-corrected chi connectivity index (χ0v) is 12.9. The van der Waals surface area contributed by atoms with Crippen LogP contribution in [0.2, 0.25) is 0 Å². The van der Waals surface area contributed by atoms with E-state index in [1.54, 1.807) is 16.8 Å². The third kappa shape index (κ3) is 2.40. The lowest BCUT2D eigenvalue weighted by Crippen LogP contribution is -2.25. The zero-order valence-electron chi connectivity index (χ0n) is 12.9. The molecular formula is C19H15N3O2. The fourth-order valence-corrected chi connectivity index (χ4v) is 2.92. The SMILES string of the molecule is N=c1c2c(=O)oc3ccccc3c2ccn1CCc1ccccn1. The molecule has 0 amide bonds. The van der Waals surface area contributed by atoms with Crippen molar-refractivity contribution in [3.63, 3.8) is 0 Å². The molecule has 0 atom stereocenters. The van der Waals surface area contributed by atoms with Gasteiger partial charge in [-0.05, 0) is 24.3 Å². The predicted octanol–water partition coefficient (Wildman–Crippen LogP) is 2.86. The van der Waals surface area contributed by atoms with Crippen molar-refractivity contribution in [2.24, 2.45) is 0 Å². The van der Waals surface area contributed by atoms with E-state index in [9.17, 15) is 4.79 Å². The van der Waals surface area contributed by atoms with Gasteiger partial charge in [0.1, 0.15) is 16.5 Å². The lowest BCUT2D eigenvalue weighted by molar-refractivity contribution is 0.565. The summed E-state index contributed by atoms with van der Waals surface area (Å²) in [7, 11) is 0. The van der Waals surface area contributed by atoms with E-state index in [4.69, 9.17) is 9.83 Å². The van der Waals surface area contributed by atoms with Crippen LogP contribution in [0.3, 0.4) is 0 Å². The summed E-state index contributed by atoms with van der Waals surface area (Å²) in [5.74, 6) is 0. The van der Waals surface area contributed by atoms with Crippen LogP contribution >= 0.6 is 0 Å². The first-order valence-electron chi connectivity index (χ1n) is 7.73. The highest BCUT2D eigenvalue weighted by atomic mass is 16.4. The van der Waals surface area contributed by atoms with Gasteiger partial charge in [-0.25, -0.2) is 4.79 Å². The second-order valence-corrected chi connectivity index (χ2v) is 5.60. The number of benzene rings is 1. The number of rotatable bonds is 3. The van der Waals surface area contributed by atoms with Crippen molar-refractivity contribution >= 4 is 21.7 Å². The second kappa shape index (κ2) is 5.77. The molecule has 1 N–H and O–H groups in total. The van der Waals surface area contributed by atoms with Gasteiger partial charge in [-0.3, -0.25) is 10.4 Å². The Hall–Kier alpha value is -3.21. The average molecular weight is 317 g/mol. The van der Waals surface area contributed by atoms with Crippen molar-refractivity contribution in [3.8, 4) is 0 Å². The maximum Gasteiger partial charge on any atom is 0.347 e. The third-order valence-electron chi connectivity index (χ3n) is 4.13. The van der Waals surface area contributed by atoms with E-state index in [-0.39, 0.29) is 5.49 Å². The van der Waals surface area contributed by atoms with Crippen LogP contribution in [0.15, 0.2) is 70.1 Å². The van der Waals surface area contributed by atoms with E-state index >= 15 is 0 Å². The summed E-state index contributed by atoms with van der Waals surface area (Å²) in [5.41, 5.74) is 1.19. The summed E-state index contributed by atoms with van der Waals surface area (Å²) in [5, 5.41) is 10.3. The van der Waals surface area contributed by atoms with Gasteiger partial charge in [0.2, 0.25) is 0 Å². The lowest BCUT2D eigenvalue weighted by atomic mass is 10.1. The number of nitrogens with one attached hydrogen (secondary N) is 1. The van der Waals surface area contributed by atoms with Gasteiger partial charge < -0.3 is 8.98 Å². The molecular weight excluding hydrogens is 302 g/mol. The van der Waals surface area contributed by atoms with Gasteiger partial charge >= 0.3 is 5.63 Å². The van der Waals surface area contributed by atoms with E-state index in [2.05, 4.69) is 4.98 Å². The summed E-state index contributed by atoms with van der Waals surface area (Å²) < 4.78 is 7.12. The number of aromatic nitrogens is 2. The molecule has 1 aromatic carbocycles. The molecule has 0 spiro atoms. The Balaban J connectivity index is 1.83. The van der Waals surface area contributed by atoms with Gasteiger partial charge in [-0.15, -0.1) is 0 Å². The van der Waals surface area contributed by atoms with Gasteiger partial charge in [0, 0.05) is 41.8 Å². The Morgan fingerprint density at radius 1 is 1.04 bits per heavy atom. The quantitative estimate of drug-likeness (QED) is 0.466. The van der Waals surface area contributed by atoms with E-state index < -0.39 is 5.63 Å². The fourth-order valence-electron chi connectivity index (χ4n) is 2.92. The van der Waals surface area contributed by atoms with Crippen molar-refractivity contribution < 1.29 is 4.42 Å². The fraction of sp³-hybridized carbons (Fsp3) is 0.105. The molecule has 0 saturated carbocycles. The zero-order chi connectivity index (χ0) is 16.5. The molecule has 24 heavy (non-hydrogen) atoms. The van der Waals surface area contributed by atoms with Gasteiger partial charge in [-0.2, -0.15) is 0 Å². The standard InChI is InChI=1S/C19H15N3O2/c20-18-17-15(14-6-1-2-7-16(14)24-19(17)23)9-12-22(18)11-8-13-5-3-4-10-21-13/h1-7,9-10,12,20H,8,11H2.